The highest BCUT2D eigenvalue weighted by Crippen LogP contribution is 2.22. The number of nitrogens with zero attached hydrogens (tertiary/aromatic N) is 4. The van der Waals surface area contributed by atoms with E-state index in [1.54, 1.807) is 45.0 Å². The number of carbonyl (C=O) groups is 2. The second kappa shape index (κ2) is 12.0. The van der Waals surface area contributed by atoms with E-state index in [9.17, 15) is 23.1 Å². The third-order valence-corrected chi connectivity index (χ3v) is 7.26. The van der Waals surface area contributed by atoms with Crippen LogP contribution in [0.4, 0.5) is 10.6 Å². The van der Waals surface area contributed by atoms with E-state index in [0.717, 1.165) is 14.0 Å². The number of rotatable bonds is 9. The number of hydrogen-bond donors (Lipinski definition) is 1. The van der Waals surface area contributed by atoms with E-state index in [2.05, 4.69) is 32.6 Å². The standard InChI is InChI=1S/C25H27IN4O6S/c1-25(2,3)36-24(33)30(17-23(31)32)21-8-6-7-20(28-21)16-29(15-18-10-12-19(26)13-11-18)37(34,35)22-9-4-5-14-27-22/h4-14H,15-17H2,1-3H3,(H,31,32). The Labute approximate surface area is 229 Å². The fourth-order valence-electron chi connectivity index (χ4n) is 3.23. The number of sulfonamides is 1. The average molecular weight is 638 g/mol. The van der Waals surface area contributed by atoms with Crippen LogP contribution in [0.1, 0.15) is 32.0 Å². The summed E-state index contributed by atoms with van der Waals surface area (Å²) in [6, 6.07) is 16.7. The summed E-state index contributed by atoms with van der Waals surface area (Å²) in [5.74, 6) is -1.23. The maximum absolute atomic E-state index is 13.5. The number of hydrogen-bond acceptors (Lipinski definition) is 7. The number of pyridine rings is 2. The summed E-state index contributed by atoms with van der Waals surface area (Å²) in [6.45, 7) is 4.22. The van der Waals surface area contributed by atoms with Crippen LogP contribution in [0.2, 0.25) is 0 Å². The molecule has 196 valence electrons. The lowest BCUT2D eigenvalue weighted by atomic mass is 10.2. The van der Waals surface area contributed by atoms with Gasteiger partial charge in [0.25, 0.3) is 10.0 Å². The Morgan fingerprint density at radius 3 is 2.30 bits per heavy atom. The van der Waals surface area contributed by atoms with Crippen LogP contribution in [-0.2, 0) is 32.6 Å². The topological polar surface area (TPSA) is 130 Å². The normalized spacial score (nSPS) is 11.8. The van der Waals surface area contributed by atoms with Crippen molar-refractivity contribution in [3.8, 4) is 0 Å². The van der Waals surface area contributed by atoms with Gasteiger partial charge in [-0.2, -0.15) is 4.31 Å². The summed E-state index contributed by atoms with van der Waals surface area (Å²) >= 11 is 2.17. The van der Waals surface area contributed by atoms with Crippen molar-refractivity contribution in [3.63, 3.8) is 0 Å². The van der Waals surface area contributed by atoms with Crippen LogP contribution in [0, 0.1) is 3.57 Å². The predicted octanol–water partition coefficient (Wildman–Crippen LogP) is 4.30. The largest absolute Gasteiger partial charge is 0.480 e. The minimum Gasteiger partial charge on any atom is -0.480 e. The molecule has 3 rings (SSSR count). The maximum atomic E-state index is 13.5. The molecule has 0 aliphatic carbocycles. The lowest BCUT2D eigenvalue weighted by molar-refractivity contribution is -0.135. The van der Waals surface area contributed by atoms with Crippen molar-refractivity contribution >= 4 is 50.5 Å². The van der Waals surface area contributed by atoms with Crippen molar-refractivity contribution in [2.24, 2.45) is 0 Å². The molecule has 3 aromatic rings. The molecule has 12 heteroatoms. The second-order valence-corrected chi connectivity index (χ2v) is 12.1. The Bertz CT molecular complexity index is 1350. The van der Waals surface area contributed by atoms with Gasteiger partial charge in [-0.1, -0.05) is 24.3 Å². The molecule has 0 aliphatic rings. The first-order valence-electron chi connectivity index (χ1n) is 11.2. The Balaban J connectivity index is 1.97. The number of halogens is 1. The van der Waals surface area contributed by atoms with E-state index in [4.69, 9.17) is 4.74 Å². The van der Waals surface area contributed by atoms with Gasteiger partial charge in [0.2, 0.25) is 0 Å². The van der Waals surface area contributed by atoms with Gasteiger partial charge < -0.3 is 9.84 Å². The van der Waals surface area contributed by atoms with Gasteiger partial charge in [0, 0.05) is 16.3 Å². The molecule has 0 aliphatic heterocycles. The Kier molecular flexibility index (Phi) is 9.21. The predicted molar refractivity (Wildman–Crippen MR) is 145 cm³/mol. The first kappa shape index (κ1) is 28.5. The van der Waals surface area contributed by atoms with Crippen LogP contribution < -0.4 is 4.90 Å². The first-order valence-corrected chi connectivity index (χ1v) is 13.7. The molecule has 0 radical (unpaired) electrons. The van der Waals surface area contributed by atoms with Crippen molar-refractivity contribution in [2.75, 3.05) is 11.4 Å². The van der Waals surface area contributed by atoms with Crippen LogP contribution in [-0.4, -0.2) is 52.0 Å². The summed E-state index contributed by atoms with van der Waals surface area (Å²) < 4.78 is 34.6. The maximum Gasteiger partial charge on any atom is 0.416 e. The van der Waals surface area contributed by atoms with Crippen LogP contribution >= 0.6 is 22.6 Å². The highest BCUT2D eigenvalue weighted by Gasteiger charge is 2.29. The number of benzene rings is 1. The van der Waals surface area contributed by atoms with E-state index in [1.807, 2.05) is 24.3 Å². The first-order chi connectivity index (χ1) is 17.3. The Morgan fingerprint density at radius 2 is 1.70 bits per heavy atom. The van der Waals surface area contributed by atoms with Crippen LogP contribution in [0.5, 0.6) is 0 Å². The third kappa shape index (κ3) is 8.20. The van der Waals surface area contributed by atoms with Crippen molar-refractivity contribution in [1.29, 1.82) is 0 Å². The molecule has 1 N–H and O–H groups in total. The van der Waals surface area contributed by atoms with Gasteiger partial charge in [0.05, 0.1) is 12.2 Å². The van der Waals surface area contributed by atoms with E-state index in [-0.39, 0.29) is 23.9 Å². The lowest BCUT2D eigenvalue weighted by Gasteiger charge is -2.26. The number of aromatic nitrogens is 2. The van der Waals surface area contributed by atoms with Gasteiger partial charge in [-0.15, -0.1) is 0 Å². The zero-order chi connectivity index (χ0) is 27.2. The summed E-state index contributed by atoms with van der Waals surface area (Å²) in [5.41, 5.74) is 0.214. The number of carbonyl (C=O) groups excluding carboxylic acids is 1. The molecule has 0 bridgehead atoms. The molecule has 0 spiro atoms. The SMILES string of the molecule is CC(C)(C)OC(=O)N(CC(=O)O)c1cccc(CN(Cc2ccc(I)cc2)S(=O)(=O)c2ccccn2)n1. The molecule has 0 unspecified atom stereocenters. The number of amides is 1. The van der Waals surface area contributed by atoms with E-state index in [0.29, 0.717) is 5.69 Å². The van der Waals surface area contributed by atoms with E-state index in [1.165, 1.54) is 22.6 Å². The number of ether oxygens (including phenoxy) is 1. The van der Waals surface area contributed by atoms with Gasteiger partial charge in [-0.25, -0.2) is 23.2 Å². The molecule has 0 saturated heterocycles. The minimum absolute atomic E-state index is 0.0265. The summed E-state index contributed by atoms with van der Waals surface area (Å²) in [7, 11) is -4.02. The quantitative estimate of drug-likeness (QED) is 0.344. The van der Waals surface area contributed by atoms with Crippen LogP contribution in [0.3, 0.4) is 0 Å². The number of carboxylic acid groups (broad SMARTS) is 1. The molecule has 0 atom stereocenters. The average Bonchev–Trinajstić information content (AvgIpc) is 2.83. The molecule has 0 fully saturated rings. The molecule has 2 heterocycles. The molecule has 37 heavy (non-hydrogen) atoms. The van der Waals surface area contributed by atoms with Gasteiger partial charge in [0.1, 0.15) is 18.0 Å². The molecule has 1 aromatic carbocycles. The molecular weight excluding hydrogens is 611 g/mol. The number of anilines is 1. The Morgan fingerprint density at radius 1 is 1.00 bits per heavy atom. The molecule has 2 aromatic heterocycles. The minimum atomic E-state index is -4.02. The smallest absolute Gasteiger partial charge is 0.416 e. The fraction of sp³-hybridized carbons (Fsp3) is 0.280. The number of carboxylic acids is 1. The lowest BCUT2D eigenvalue weighted by Crippen LogP contribution is -2.40. The fourth-order valence-corrected chi connectivity index (χ4v) is 4.92. The highest BCUT2D eigenvalue weighted by atomic mass is 127. The molecule has 1 amide bonds. The van der Waals surface area contributed by atoms with Gasteiger partial charge in [-0.05, 0) is 85.3 Å². The molecule has 0 saturated carbocycles. The van der Waals surface area contributed by atoms with Gasteiger partial charge in [0.15, 0.2) is 5.03 Å². The Hall–Kier alpha value is -3.10. The zero-order valence-corrected chi connectivity index (χ0v) is 23.5. The van der Waals surface area contributed by atoms with E-state index < -0.39 is 34.2 Å². The summed E-state index contributed by atoms with van der Waals surface area (Å²) in [6.07, 6.45) is 0.524. The molecular formula is C25H27IN4O6S. The number of aliphatic carboxylic acids is 1. The van der Waals surface area contributed by atoms with Gasteiger partial charge in [-0.3, -0.25) is 9.69 Å². The third-order valence-electron chi connectivity index (χ3n) is 4.83. The molecule has 10 nitrogen and oxygen atoms in total. The monoisotopic (exact) mass is 638 g/mol. The summed E-state index contributed by atoms with van der Waals surface area (Å²) in [5, 5.41) is 9.24. The highest BCUT2D eigenvalue weighted by molar-refractivity contribution is 14.1. The van der Waals surface area contributed by atoms with Crippen molar-refractivity contribution in [2.45, 2.75) is 44.5 Å². The summed E-state index contributed by atoms with van der Waals surface area (Å²) in [4.78, 5) is 33.5. The van der Waals surface area contributed by atoms with Crippen molar-refractivity contribution < 1.29 is 27.9 Å². The van der Waals surface area contributed by atoms with Crippen molar-refractivity contribution in [1.82, 2.24) is 14.3 Å². The van der Waals surface area contributed by atoms with E-state index >= 15 is 0 Å². The van der Waals surface area contributed by atoms with Crippen LogP contribution in [0.15, 0.2) is 71.9 Å². The van der Waals surface area contributed by atoms with Crippen molar-refractivity contribution in [3.05, 3.63) is 81.7 Å². The second-order valence-electron chi connectivity index (χ2n) is 9.01. The zero-order valence-electron chi connectivity index (χ0n) is 20.5. The van der Waals surface area contributed by atoms with Crippen LogP contribution in [0.25, 0.3) is 0 Å². The van der Waals surface area contributed by atoms with Gasteiger partial charge >= 0.3 is 12.1 Å².